The number of halogens is 1. The summed E-state index contributed by atoms with van der Waals surface area (Å²) in [5, 5.41) is 0. The van der Waals surface area contributed by atoms with Gasteiger partial charge in [-0.3, -0.25) is 0 Å². The van der Waals surface area contributed by atoms with Crippen LogP contribution in [0.1, 0.15) is 0 Å². The molecule has 0 fully saturated rings. The number of benzene rings is 1. The molecule has 0 saturated carbocycles. The van der Waals surface area contributed by atoms with E-state index in [9.17, 15) is 0 Å². The van der Waals surface area contributed by atoms with E-state index < -0.39 is 8.32 Å². The van der Waals surface area contributed by atoms with Crippen molar-refractivity contribution in [2.75, 3.05) is 14.2 Å². The van der Waals surface area contributed by atoms with Crippen molar-refractivity contribution in [3.05, 3.63) is 15.7 Å². The van der Waals surface area contributed by atoms with E-state index in [2.05, 4.69) is 42.2 Å². The van der Waals surface area contributed by atoms with Gasteiger partial charge in [0.25, 0.3) is 0 Å². The Kier molecular flexibility index (Phi) is 4.49. The highest BCUT2D eigenvalue weighted by atomic mass is 127. The van der Waals surface area contributed by atoms with Crippen LogP contribution in [0.2, 0.25) is 19.6 Å². The Morgan fingerprint density at radius 3 is 1.75 bits per heavy atom. The van der Waals surface area contributed by atoms with Crippen molar-refractivity contribution in [1.82, 2.24) is 0 Å². The summed E-state index contributed by atoms with van der Waals surface area (Å²) in [7, 11) is 1.61. The van der Waals surface area contributed by atoms with Crippen LogP contribution in [0.4, 0.5) is 0 Å². The second-order valence-electron chi connectivity index (χ2n) is 4.35. The molecule has 0 amide bonds. The molecule has 0 N–H and O–H groups in total. The van der Waals surface area contributed by atoms with Crippen LogP contribution in [0.5, 0.6) is 17.2 Å². The number of ether oxygens (including phenoxy) is 2. The van der Waals surface area contributed by atoms with Gasteiger partial charge in [0.05, 0.1) is 14.2 Å². The Labute approximate surface area is 111 Å². The second-order valence-corrected chi connectivity index (χ2v) is 10.0. The first-order chi connectivity index (χ1) is 7.37. The van der Waals surface area contributed by atoms with Crippen LogP contribution in [0, 0.1) is 3.57 Å². The van der Waals surface area contributed by atoms with Crippen LogP contribution >= 0.6 is 22.6 Å². The van der Waals surface area contributed by atoms with Gasteiger partial charge >= 0.3 is 0 Å². The van der Waals surface area contributed by atoms with E-state index in [0.29, 0.717) is 5.75 Å². The monoisotopic (exact) mass is 352 g/mol. The fourth-order valence-corrected chi connectivity index (χ4v) is 2.63. The van der Waals surface area contributed by atoms with Crippen LogP contribution in [0.3, 0.4) is 0 Å². The minimum absolute atomic E-state index is 0.713. The van der Waals surface area contributed by atoms with Crippen molar-refractivity contribution < 1.29 is 13.9 Å². The molecule has 0 bridgehead atoms. The SMILES string of the molecule is COc1cc(I)cc(OC)c1O[Si](C)(C)C. The minimum Gasteiger partial charge on any atom is -0.539 e. The van der Waals surface area contributed by atoms with Crippen molar-refractivity contribution >= 4 is 30.9 Å². The van der Waals surface area contributed by atoms with Crippen molar-refractivity contribution in [3.8, 4) is 17.2 Å². The zero-order valence-corrected chi connectivity index (χ0v) is 13.4. The Morgan fingerprint density at radius 2 is 1.44 bits per heavy atom. The number of hydrogen-bond donors (Lipinski definition) is 0. The summed E-state index contributed by atoms with van der Waals surface area (Å²) in [6.45, 7) is 6.39. The fourth-order valence-electron chi connectivity index (χ4n) is 1.25. The average Bonchev–Trinajstić information content (AvgIpc) is 2.18. The lowest BCUT2D eigenvalue weighted by Crippen LogP contribution is -2.29. The van der Waals surface area contributed by atoms with Gasteiger partial charge < -0.3 is 13.9 Å². The maximum Gasteiger partial charge on any atom is 0.242 e. The van der Waals surface area contributed by atoms with Crippen molar-refractivity contribution in [1.29, 1.82) is 0 Å². The van der Waals surface area contributed by atoms with Crippen LogP contribution < -0.4 is 13.9 Å². The van der Waals surface area contributed by atoms with E-state index in [1.54, 1.807) is 14.2 Å². The molecule has 3 nitrogen and oxygen atoms in total. The first-order valence-electron chi connectivity index (χ1n) is 4.98. The van der Waals surface area contributed by atoms with E-state index in [-0.39, 0.29) is 0 Å². The molecule has 1 aromatic rings. The quantitative estimate of drug-likeness (QED) is 0.613. The van der Waals surface area contributed by atoms with E-state index in [4.69, 9.17) is 13.9 Å². The standard InChI is InChI=1S/C11H17IO3Si/c1-13-9-6-8(12)7-10(14-2)11(9)15-16(3,4)5/h6-7H,1-5H3. The molecule has 0 aliphatic heterocycles. The topological polar surface area (TPSA) is 27.7 Å². The molecule has 0 radical (unpaired) electrons. The van der Waals surface area contributed by atoms with Crippen LogP contribution in [0.25, 0.3) is 0 Å². The number of rotatable bonds is 4. The van der Waals surface area contributed by atoms with E-state index in [0.717, 1.165) is 15.1 Å². The van der Waals surface area contributed by atoms with Gasteiger partial charge in [0.2, 0.25) is 8.32 Å². The molecule has 0 heterocycles. The van der Waals surface area contributed by atoms with E-state index >= 15 is 0 Å². The molecule has 0 unspecified atom stereocenters. The smallest absolute Gasteiger partial charge is 0.242 e. The largest absolute Gasteiger partial charge is 0.539 e. The molecule has 0 aromatic heterocycles. The fraction of sp³-hybridized carbons (Fsp3) is 0.455. The summed E-state index contributed by atoms with van der Waals surface area (Å²) < 4.78 is 17.7. The van der Waals surface area contributed by atoms with Crippen LogP contribution in [0.15, 0.2) is 12.1 Å². The molecule has 1 rings (SSSR count). The molecule has 16 heavy (non-hydrogen) atoms. The van der Waals surface area contributed by atoms with Crippen molar-refractivity contribution in [2.45, 2.75) is 19.6 Å². The van der Waals surface area contributed by atoms with Gasteiger partial charge in [-0.15, -0.1) is 0 Å². The molecule has 0 atom stereocenters. The van der Waals surface area contributed by atoms with Gasteiger partial charge in [0, 0.05) is 3.57 Å². The molecule has 0 aliphatic rings. The van der Waals surface area contributed by atoms with Gasteiger partial charge in [0.1, 0.15) is 0 Å². The highest BCUT2D eigenvalue weighted by Crippen LogP contribution is 2.40. The van der Waals surface area contributed by atoms with Crippen LogP contribution in [-0.4, -0.2) is 22.5 Å². The van der Waals surface area contributed by atoms with Gasteiger partial charge in [0.15, 0.2) is 17.2 Å². The second kappa shape index (κ2) is 5.26. The summed E-state index contributed by atoms with van der Waals surface area (Å²) in [5.41, 5.74) is 0. The lowest BCUT2D eigenvalue weighted by Gasteiger charge is -2.23. The first kappa shape index (κ1) is 13.6. The van der Waals surface area contributed by atoms with Crippen molar-refractivity contribution in [3.63, 3.8) is 0 Å². The third kappa shape index (κ3) is 3.55. The molecule has 5 heteroatoms. The third-order valence-electron chi connectivity index (χ3n) is 1.83. The maximum absolute atomic E-state index is 5.99. The molecular formula is C11H17IO3Si. The normalized spacial score (nSPS) is 11.1. The average molecular weight is 352 g/mol. The number of hydrogen-bond acceptors (Lipinski definition) is 3. The Morgan fingerprint density at radius 1 is 1.00 bits per heavy atom. The highest BCUT2D eigenvalue weighted by Gasteiger charge is 2.22. The van der Waals surface area contributed by atoms with Gasteiger partial charge in [-0.05, 0) is 54.4 Å². The Hall–Kier alpha value is -0.433. The molecule has 0 aliphatic carbocycles. The predicted octanol–water partition coefficient (Wildman–Crippen LogP) is 3.52. The molecular weight excluding hydrogens is 335 g/mol. The third-order valence-corrected chi connectivity index (χ3v) is 3.27. The zero-order chi connectivity index (χ0) is 12.3. The summed E-state index contributed by atoms with van der Waals surface area (Å²) in [6.07, 6.45) is 0. The minimum atomic E-state index is -1.67. The summed E-state index contributed by atoms with van der Waals surface area (Å²) in [6, 6.07) is 3.89. The maximum atomic E-state index is 5.99. The highest BCUT2D eigenvalue weighted by molar-refractivity contribution is 14.1. The predicted molar refractivity (Wildman–Crippen MR) is 76.2 cm³/mol. The molecule has 0 saturated heterocycles. The Bertz CT molecular complexity index is 349. The first-order valence-corrected chi connectivity index (χ1v) is 9.46. The van der Waals surface area contributed by atoms with Crippen molar-refractivity contribution in [2.24, 2.45) is 0 Å². The summed E-state index contributed by atoms with van der Waals surface area (Å²) in [4.78, 5) is 0. The molecule has 1 aromatic carbocycles. The molecule has 90 valence electrons. The van der Waals surface area contributed by atoms with Gasteiger partial charge in [-0.2, -0.15) is 0 Å². The van der Waals surface area contributed by atoms with E-state index in [1.165, 1.54) is 0 Å². The van der Waals surface area contributed by atoms with E-state index in [1.807, 2.05) is 12.1 Å². The lowest BCUT2D eigenvalue weighted by atomic mass is 10.3. The Balaban J connectivity index is 3.22. The summed E-state index contributed by atoms with van der Waals surface area (Å²) >= 11 is 2.23. The number of methoxy groups -OCH3 is 2. The molecule has 0 spiro atoms. The van der Waals surface area contributed by atoms with Gasteiger partial charge in [-0.1, -0.05) is 0 Å². The van der Waals surface area contributed by atoms with Gasteiger partial charge in [-0.25, -0.2) is 0 Å². The zero-order valence-electron chi connectivity index (χ0n) is 10.3. The van der Waals surface area contributed by atoms with Crippen LogP contribution in [-0.2, 0) is 0 Å². The summed E-state index contributed by atoms with van der Waals surface area (Å²) in [5.74, 6) is 2.17. The lowest BCUT2D eigenvalue weighted by molar-refractivity contribution is 0.360.